The van der Waals surface area contributed by atoms with E-state index in [1.54, 1.807) is 13.8 Å². The zero-order chi connectivity index (χ0) is 21.2. The van der Waals surface area contributed by atoms with Gasteiger partial charge < -0.3 is 14.2 Å². The van der Waals surface area contributed by atoms with Gasteiger partial charge in [-0.25, -0.2) is 14.4 Å². The summed E-state index contributed by atoms with van der Waals surface area (Å²) in [6, 6.07) is 0. The number of hydrogen-bond donors (Lipinski definition) is 0. The lowest BCUT2D eigenvalue weighted by molar-refractivity contribution is -0.147. The molecule has 154 valence electrons. The largest absolute Gasteiger partial charge is 0.462 e. The lowest BCUT2D eigenvalue weighted by atomic mass is 10.0. The minimum atomic E-state index is -0.489. The molecule has 0 rings (SSSR count). The minimum Gasteiger partial charge on any atom is -0.462 e. The molecule has 0 saturated carbocycles. The Morgan fingerprint density at radius 1 is 0.926 bits per heavy atom. The highest BCUT2D eigenvalue weighted by Gasteiger charge is 2.07. The third-order valence-corrected chi connectivity index (χ3v) is 3.42. The van der Waals surface area contributed by atoms with Gasteiger partial charge in [0.25, 0.3) is 0 Å². The van der Waals surface area contributed by atoms with Crippen molar-refractivity contribution in [2.45, 2.75) is 53.4 Å². The summed E-state index contributed by atoms with van der Waals surface area (Å²) < 4.78 is 14.4. The van der Waals surface area contributed by atoms with Crippen LogP contribution in [0, 0.1) is 5.92 Å². The molecule has 6 heteroatoms. The molecule has 0 aliphatic heterocycles. The van der Waals surface area contributed by atoms with Crippen LogP contribution in [-0.2, 0) is 28.6 Å². The van der Waals surface area contributed by atoms with Gasteiger partial charge in [-0.05, 0) is 26.2 Å². The number of carbonyl (C=O) groups is 3. The van der Waals surface area contributed by atoms with Gasteiger partial charge in [0.2, 0.25) is 0 Å². The minimum absolute atomic E-state index is 0.0325. The molecule has 0 spiro atoms. The van der Waals surface area contributed by atoms with Gasteiger partial charge in [-0.15, -0.1) is 0 Å². The van der Waals surface area contributed by atoms with E-state index in [1.807, 2.05) is 0 Å². The van der Waals surface area contributed by atoms with Crippen LogP contribution in [0.1, 0.15) is 53.4 Å². The van der Waals surface area contributed by atoms with E-state index in [2.05, 4.69) is 43.1 Å². The maximum absolute atomic E-state index is 10.8. The third kappa shape index (κ3) is 16.8. The molecule has 27 heavy (non-hydrogen) atoms. The van der Waals surface area contributed by atoms with Crippen LogP contribution in [0.4, 0.5) is 0 Å². The van der Waals surface area contributed by atoms with Crippen molar-refractivity contribution in [3.63, 3.8) is 0 Å². The van der Waals surface area contributed by atoms with E-state index in [1.165, 1.54) is 18.9 Å². The lowest BCUT2D eigenvalue weighted by Crippen LogP contribution is -2.14. The Kier molecular flexibility index (Phi) is 17.0. The molecule has 0 saturated heterocycles. The number of unbranched alkanes of at least 4 members (excludes halogenated alkanes) is 1. The summed E-state index contributed by atoms with van der Waals surface area (Å²) in [5, 5.41) is 0. The molecule has 0 fully saturated rings. The molecule has 0 radical (unpaired) electrons. The SMILES string of the molecule is C=C(C)C(=O)OCCOC(=O)C(=C)C.C=CC(=O)OCC(CC)CCCC. The van der Waals surface area contributed by atoms with E-state index in [9.17, 15) is 14.4 Å². The van der Waals surface area contributed by atoms with Crippen molar-refractivity contribution in [3.05, 3.63) is 37.0 Å². The van der Waals surface area contributed by atoms with Crippen molar-refractivity contribution in [1.82, 2.24) is 0 Å². The standard InChI is InChI=1S/C11H20O2.C10H14O4/c1-4-7-8-10(5-2)9-13-11(12)6-3;1-7(2)9(11)13-5-6-14-10(12)8(3)4/h6,10H,3-5,7-9H2,1-2H3;1,3,5-6H2,2,4H3. The van der Waals surface area contributed by atoms with Crippen molar-refractivity contribution >= 4 is 17.9 Å². The van der Waals surface area contributed by atoms with Crippen molar-refractivity contribution in [2.75, 3.05) is 19.8 Å². The molecule has 0 N–H and O–H groups in total. The predicted molar refractivity (Wildman–Crippen MR) is 106 cm³/mol. The van der Waals surface area contributed by atoms with Gasteiger partial charge in [-0.2, -0.15) is 0 Å². The highest BCUT2D eigenvalue weighted by atomic mass is 16.6. The fourth-order valence-electron chi connectivity index (χ4n) is 1.67. The van der Waals surface area contributed by atoms with Gasteiger partial charge >= 0.3 is 17.9 Å². The molecule has 0 aliphatic rings. The Labute approximate surface area is 163 Å². The first-order chi connectivity index (χ1) is 12.7. The van der Waals surface area contributed by atoms with Crippen LogP contribution in [0.2, 0.25) is 0 Å². The number of carbonyl (C=O) groups excluding carboxylic acids is 3. The number of hydrogen-bond acceptors (Lipinski definition) is 6. The van der Waals surface area contributed by atoms with E-state index in [-0.39, 0.29) is 19.2 Å². The van der Waals surface area contributed by atoms with Crippen molar-refractivity contribution < 1.29 is 28.6 Å². The molecule has 0 amide bonds. The highest BCUT2D eigenvalue weighted by Crippen LogP contribution is 2.12. The van der Waals surface area contributed by atoms with Crippen LogP contribution in [0.25, 0.3) is 0 Å². The molecular weight excluding hydrogens is 348 g/mol. The van der Waals surface area contributed by atoms with E-state index in [4.69, 9.17) is 4.74 Å². The molecule has 0 aromatic heterocycles. The van der Waals surface area contributed by atoms with Gasteiger partial charge in [0.1, 0.15) is 13.2 Å². The second-order valence-electron chi connectivity index (χ2n) is 6.08. The smallest absolute Gasteiger partial charge is 0.333 e. The van der Waals surface area contributed by atoms with E-state index in [0.29, 0.717) is 23.7 Å². The normalized spacial score (nSPS) is 10.5. The van der Waals surface area contributed by atoms with Gasteiger partial charge in [-0.3, -0.25) is 0 Å². The van der Waals surface area contributed by atoms with Gasteiger partial charge in [0, 0.05) is 17.2 Å². The molecule has 0 aliphatic carbocycles. The van der Waals surface area contributed by atoms with Crippen LogP contribution in [0.5, 0.6) is 0 Å². The Morgan fingerprint density at radius 2 is 1.41 bits per heavy atom. The topological polar surface area (TPSA) is 78.9 Å². The number of ether oxygens (including phenoxy) is 3. The van der Waals surface area contributed by atoms with E-state index in [0.717, 1.165) is 12.8 Å². The zero-order valence-electron chi connectivity index (χ0n) is 17.2. The first kappa shape index (κ1) is 26.9. The summed E-state index contributed by atoms with van der Waals surface area (Å²) in [4.78, 5) is 32.4. The quantitative estimate of drug-likeness (QED) is 0.218. The van der Waals surface area contributed by atoms with Crippen molar-refractivity contribution in [2.24, 2.45) is 5.92 Å². The van der Waals surface area contributed by atoms with Crippen LogP contribution >= 0.6 is 0 Å². The number of rotatable bonds is 12. The summed E-state index contributed by atoms with van der Waals surface area (Å²) in [6.45, 7) is 18.1. The molecule has 0 bridgehead atoms. The first-order valence-corrected chi connectivity index (χ1v) is 9.13. The second kappa shape index (κ2) is 17.1. The van der Waals surface area contributed by atoms with E-state index < -0.39 is 11.9 Å². The van der Waals surface area contributed by atoms with Crippen molar-refractivity contribution in [3.8, 4) is 0 Å². The molecule has 1 atom stereocenters. The molecule has 0 heterocycles. The number of esters is 3. The van der Waals surface area contributed by atoms with E-state index >= 15 is 0 Å². The fourth-order valence-corrected chi connectivity index (χ4v) is 1.67. The average Bonchev–Trinajstić information content (AvgIpc) is 2.64. The maximum atomic E-state index is 10.8. The zero-order valence-corrected chi connectivity index (χ0v) is 17.2. The third-order valence-electron chi connectivity index (χ3n) is 3.42. The molecule has 1 unspecified atom stereocenters. The predicted octanol–water partition coefficient (Wildman–Crippen LogP) is 4.16. The van der Waals surface area contributed by atoms with Gasteiger partial charge in [0.05, 0.1) is 6.61 Å². The van der Waals surface area contributed by atoms with Crippen LogP contribution in [0.3, 0.4) is 0 Å². The van der Waals surface area contributed by atoms with Crippen LogP contribution < -0.4 is 0 Å². The molecular formula is C21H34O6. The average molecular weight is 382 g/mol. The first-order valence-electron chi connectivity index (χ1n) is 9.13. The fraction of sp³-hybridized carbons (Fsp3) is 0.571. The Balaban J connectivity index is 0. The Bertz CT molecular complexity index is 479. The van der Waals surface area contributed by atoms with Gasteiger partial charge in [-0.1, -0.05) is 52.8 Å². The Morgan fingerprint density at radius 3 is 1.74 bits per heavy atom. The van der Waals surface area contributed by atoms with Gasteiger partial charge in [0.15, 0.2) is 0 Å². The van der Waals surface area contributed by atoms with Crippen LogP contribution in [0.15, 0.2) is 37.0 Å². The second-order valence-corrected chi connectivity index (χ2v) is 6.08. The molecule has 0 aromatic carbocycles. The summed E-state index contributed by atoms with van der Waals surface area (Å²) in [5.74, 6) is -0.772. The van der Waals surface area contributed by atoms with Crippen molar-refractivity contribution in [1.29, 1.82) is 0 Å². The Hall–Kier alpha value is -2.37. The van der Waals surface area contributed by atoms with Crippen LogP contribution in [-0.4, -0.2) is 37.7 Å². The maximum Gasteiger partial charge on any atom is 0.333 e. The summed E-state index contributed by atoms with van der Waals surface area (Å²) in [5.41, 5.74) is 0.632. The monoisotopic (exact) mass is 382 g/mol. The lowest BCUT2D eigenvalue weighted by Gasteiger charge is -2.13. The molecule has 0 aromatic rings. The summed E-state index contributed by atoms with van der Waals surface area (Å²) in [7, 11) is 0. The summed E-state index contributed by atoms with van der Waals surface area (Å²) >= 11 is 0. The molecule has 6 nitrogen and oxygen atoms in total. The highest BCUT2D eigenvalue weighted by molar-refractivity contribution is 5.87. The summed E-state index contributed by atoms with van der Waals surface area (Å²) in [6.07, 6.45) is 5.85.